The fourth-order valence-corrected chi connectivity index (χ4v) is 3.26. The SMILES string of the molecule is NCC1(c2nc(-c3ccc(COc4ccccc4)cc3)no2)CCOCC1. The van der Waals surface area contributed by atoms with E-state index in [4.69, 9.17) is 19.7 Å². The fourth-order valence-electron chi connectivity index (χ4n) is 3.26. The van der Waals surface area contributed by atoms with Gasteiger partial charge in [0.05, 0.1) is 5.41 Å². The number of ether oxygens (including phenoxy) is 2. The molecule has 1 aliphatic rings. The van der Waals surface area contributed by atoms with Gasteiger partial charge >= 0.3 is 0 Å². The van der Waals surface area contributed by atoms with Crippen LogP contribution in [0.5, 0.6) is 5.75 Å². The molecule has 0 saturated carbocycles. The van der Waals surface area contributed by atoms with Crippen molar-refractivity contribution in [2.24, 2.45) is 5.73 Å². The maximum atomic E-state index is 6.02. The molecule has 0 amide bonds. The van der Waals surface area contributed by atoms with Crippen LogP contribution in [0.1, 0.15) is 24.3 Å². The second-order valence-corrected chi connectivity index (χ2v) is 6.82. The molecule has 6 nitrogen and oxygen atoms in total. The predicted molar refractivity (Wildman–Crippen MR) is 101 cm³/mol. The van der Waals surface area contributed by atoms with Crippen LogP contribution in [-0.4, -0.2) is 29.9 Å². The van der Waals surface area contributed by atoms with Gasteiger partial charge in [0, 0.05) is 25.3 Å². The normalized spacial score (nSPS) is 16.2. The molecular formula is C21H23N3O3. The molecule has 0 radical (unpaired) electrons. The molecule has 1 aliphatic heterocycles. The van der Waals surface area contributed by atoms with Crippen LogP contribution < -0.4 is 10.5 Å². The first kappa shape index (κ1) is 17.7. The molecule has 2 aromatic carbocycles. The molecular weight excluding hydrogens is 342 g/mol. The quantitative estimate of drug-likeness (QED) is 0.721. The number of hydrogen-bond acceptors (Lipinski definition) is 6. The molecule has 3 aromatic rings. The number of aromatic nitrogens is 2. The zero-order chi connectivity index (χ0) is 18.5. The molecule has 4 rings (SSSR count). The first-order chi connectivity index (χ1) is 13.3. The molecule has 0 spiro atoms. The summed E-state index contributed by atoms with van der Waals surface area (Å²) in [5.74, 6) is 2.05. The highest BCUT2D eigenvalue weighted by Gasteiger charge is 2.38. The third-order valence-corrected chi connectivity index (χ3v) is 5.08. The summed E-state index contributed by atoms with van der Waals surface area (Å²) in [6.07, 6.45) is 1.61. The van der Waals surface area contributed by atoms with Gasteiger partial charge in [-0.3, -0.25) is 0 Å². The number of rotatable bonds is 6. The van der Waals surface area contributed by atoms with Gasteiger partial charge in [0.1, 0.15) is 12.4 Å². The summed E-state index contributed by atoms with van der Waals surface area (Å²) in [4.78, 5) is 4.63. The molecule has 0 atom stereocenters. The van der Waals surface area contributed by atoms with E-state index in [1.54, 1.807) is 0 Å². The zero-order valence-electron chi connectivity index (χ0n) is 15.1. The summed E-state index contributed by atoms with van der Waals surface area (Å²) < 4.78 is 16.8. The zero-order valence-corrected chi connectivity index (χ0v) is 15.1. The lowest BCUT2D eigenvalue weighted by atomic mass is 9.80. The van der Waals surface area contributed by atoms with E-state index in [1.165, 1.54) is 0 Å². The van der Waals surface area contributed by atoms with Crippen molar-refractivity contribution >= 4 is 0 Å². The van der Waals surface area contributed by atoms with E-state index in [-0.39, 0.29) is 5.41 Å². The molecule has 0 bridgehead atoms. The molecule has 6 heteroatoms. The van der Waals surface area contributed by atoms with Crippen molar-refractivity contribution in [3.05, 3.63) is 66.1 Å². The second-order valence-electron chi connectivity index (χ2n) is 6.82. The van der Waals surface area contributed by atoms with E-state index in [9.17, 15) is 0 Å². The van der Waals surface area contributed by atoms with Crippen LogP contribution in [0.2, 0.25) is 0 Å². The molecule has 1 fully saturated rings. The van der Waals surface area contributed by atoms with Crippen LogP contribution in [-0.2, 0) is 16.8 Å². The Balaban J connectivity index is 1.45. The van der Waals surface area contributed by atoms with Gasteiger partial charge in [-0.15, -0.1) is 0 Å². The Morgan fingerprint density at radius 2 is 1.74 bits per heavy atom. The average molecular weight is 365 g/mol. The van der Waals surface area contributed by atoms with Gasteiger partial charge < -0.3 is 19.7 Å². The van der Waals surface area contributed by atoms with Gasteiger partial charge in [-0.1, -0.05) is 47.6 Å². The number of para-hydroxylation sites is 1. The van der Waals surface area contributed by atoms with Gasteiger partial charge in [0.25, 0.3) is 0 Å². The summed E-state index contributed by atoms with van der Waals surface area (Å²) in [7, 11) is 0. The third-order valence-electron chi connectivity index (χ3n) is 5.08. The lowest BCUT2D eigenvalue weighted by Gasteiger charge is -2.32. The Labute approximate surface area is 158 Å². The smallest absolute Gasteiger partial charge is 0.234 e. The van der Waals surface area contributed by atoms with Crippen molar-refractivity contribution in [2.75, 3.05) is 19.8 Å². The minimum atomic E-state index is -0.271. The van der Waals surface area contributed by atoms with Crippen LogP contribution in [0, 0.1) is 0 Å². The Morgan fingerprint density at radius 1 is 1.00 bits per heavy atom. The van der Waals surface area contributed by atoms with Crippen LogP contribution in [0.3, 0.4) is 0 Å². The maximum absolute atomic E-state index is 6.02. The van der Waals surface area contributed by atoms with Gasteiger partial charge in [0.2, 0.25) is 11.7 Å². The Kier molecular flexibility index (Phi) is 5.18. The molecule has 1 aromatic heterocycles. The lowest BCUT2D eigenvalue weighted by molar-refractivity contribution is 0.0409. The topological polar surface area (TPSA) is 83.4 Å². The van der Waals surface area contributed by atoms with Crippen molar-refractivity contribution in [2.45, 2.75) is 24.9 Å². The lowest BCUT2D eigenvalue weighted by Crippen LogP contribution is -2.40. The van der Waals surface area contributed by atoms with Gasteiger partial charge in [-0.25, -0.2) is 0 Å². The Hall–Kier alpha value is -2.70. The summed E-state index contributed by atoms with van der Waals surface area (Å²) in [5.41, 5.74) is 7.74. The third kappa shape index (κ3) is 3.86. The molecule has 0 aliphatic carbocycles. The van der Waals surface area contributed by atoms with Crippen LogP contribution >= 0.6 is 0 Å². The van der Waals surface area contributed by atoms with Crippen LogP contribution in [0.15, 0.2) is 59.1 Å². The molecule has 27 heavy (non-hydrogen) atoms. The van der Waals surface area contributed by atoms with Crippen molar-refractivity contribution in [1.29, 1.82) is 0 Å². The maximum Gasteiger partial charge on any atom is 0.234 e. The van der Waals surface area contributed by atoms with Gasteiger partial charge in [0.15, 0.2) is 0 Å². The minimum absolute atomic E-state index is 0.271. The minimum Gasteiger partial charge on any atom is -0.489 e. The van der Waals surface area contributed by atoms with E-state index in [2.05, 4.69) is 10.1 Å². The number of nitrogens with two attached hydrogens (primary N) is 1. The van der Waals surface area contributed by atoms with Crippen LogP contribution in [0.4, 0.5) is 0 Å². The summed E-state index contributed by atoms with van der Waals surface area (Å²) in [5, 5.41) is 4.16. The predicted octanol–water partition coefficient (Wildman–Crippen LogP) is 3.32. The molecule has 2 N–H and O–H groups in total. The number of hydrogen-bond donors (Lipinski definition) is 1. The first-order valence-corrected chi connectivity index (χ1v) is 9.18. The van der Waals surface area contributed by atoms with Crippen molar-refractivity contribution in [3.63, 3.8) is 0 Å². The van der Waals surface area contributed by atoms with Crippen molar-refractivity contribution in [1.82, 2.24) is 10.1 Å². The first-order valence-electron chi connectivity index (χ1n) is 9.18. The Morgan fingerprint density at radius 3 is 2.44 bits per heavy atom. The fraction of sp³-hybridized carbons (Fsp3) is 0.333. The molecule has 140 valence electrons. The molecule has 1 saturated heterocycles. The Bertz CT molecular complexity index is 856. The van der Waals surface area contributed by atoms with E-state index in [0.717, 1.165) is 29.7 Å². The van der Waals surface area contributed by atoms with E-state index in [0.29, 0.717) is 38.1 Å². The number of benzene rings is 2. The summed E-state index contributed by atoms with van der Waals surface area (Å²) in [6, 6.07) is 17.8. The number of nitrogens with zero attached hydrogens (tertiary/aromatic N) is 2. The van der Waals surface area contributed by atoms with Gasteiger partial charge in [-0.05, 0) is 30.5 Å². The highest BCUT2D eigenvalue weighted by Crippen LogP contribution is 2.33. The van der Waals surface area contributed by atoms with E-state index in [1.807, 2.05) is 54.6 Å². The molecule has 0 unspecified atom stereocenters. The second kappa shape index (κ2) is 7.90. The highest BCUT2D eigenvalue weighted by atomic mass is 16.5. The average Bonchev–Trinajstić information content (AvgIpc) is 3.25. The van der Waals surface area contributed by atoms with Crippen molar-refractivity contribution in [3.8, 4) is 17.1 Å². The van der Waals surface area contributed by atoms with E-state index >= 15 is 0 Å². The summed E-state index contributed by atoms with van der Waals surface area (Å²) >= 11 is 0. The van der Waals surface area contributed by atoms with E-state index < -0.39 is 0 Å². The monoisotopic (exact) mass is 365 g/mol. The van der Waals surface area contributed by atoms with Gasteiger partial charge in [-0.2, -0.15) is 4.98 Å². The molecule has 2 heterocycles. The standard InChI is InChI=1S/C21H23N3O3/c22-15-21(10-12-25-13-11-21)20-23-19(24-27-20)17-8-6-16(7-9-17)14-26-18-4-2-1-3-5-18/h1-9H,10-15,22H2. The largest absolute Gasteiger partial charge is 0.489 e. The summed E-state index contributed by atoms with van der Waals surface area (Å²) in [6.45, 7) is 2.34. The van der Waals surface area contributed by atoms with Crippen LogP contribution in [0.25, 0.3) is 11.4 Å². The van der Waals surface area contributed by atoms with Crippen molar-refractivity contribution < 1.29 is 14.0 Å². The highest BCUT2D eigenvalue weighted by molar-refractivity contribution is 5.54.